The van der Waals surface area contributed by atoms with E-state index in [1.54, 1.807) is 42.0 Å². The second-order valence-electron chi connectivity index (χ2n) is 8.06. The lowest BCUT2D eigenvalue weighted by Crippen LogP contribution is -2.46. The summed E-state index contributed by atoms with van der Waals surface area (Å²) in [6.07, 6.45) is 4.54. The molecule has 1 aliphatic rings. The van der Waals surface area contributed by atoms with Crippen molar-refractivity contribution in [2.75, 3.05) is 13.1 Å². The summed E-state index contributed by atoms with van der Waals surface area (Å²) in [7, 11) is -3.58. The Hall–Kier alpha value is -2.63. The molecule has 4 rings (SSSR count). The van der Waals surface area contributed by atoms with Crippen LogP contribution >= 0.6 is 11.3 Å². The molecule has 1 aliphatic heterocycles. The first-order valence-electron chi connectivity index (χ1n) is 10.4. The molecular formula is C21H25N5O4S2. The summed E-state index contributed by atoms with van der Waals surface area (Å²) < 4.78 is 32.9. The second-order valence-corrected chi connectivity index (χ2v) is 11.2. The molecule has 4 heterocycles. The Balaban J connectivity index is 1.47. The summed E-state index contributed by atoms with van der Waals surface area (Å²) in [5.74, 6) is 0.0900. The molecule has 11 heteroatoms. The van der Waals surface area contributed by atoms with Gasteiger partial charge in [0.25, 0.3) is 10.0 Å². The number of hydrogen-bond acceptors (Lipinski definition) is 8. The summed E-state index contributed by atoms with van der Waals surface area (Å²) in [6.45, 7) is 4.48. The van der Waals surface area contributed by atoms with E-state index < -0.39 is 22.0 Å². The van der Waals surface area contributed by atoms with Gasteiger partial charge in [-0.25, -0.2) is 8.42 Å². The van der Waals surface area contributed by atoms with Gasteiger partial charge in [-0.05, 0) is 42.3 Å². The highest BCUT2D eigenvalue weighted by Crippen LogP contribution is 2.28. The van der Waals surface area contributed by atoms with Gasteiger partial charge in [0.2, 0.25) is 17.6 Å². The monoisotopic (exact) mass is 475 g/mol. The zero-order valence-electron chi connectivity index (χ0n) is 17.8. The van der Waals surface area contributed by atoms with Crippen molar-refractivity contribution in [3.8, 4) is 11.4 Å². The van der Waals surface area contributed by atoms with Gasteiger partial charge in [0.1, 0.15) is 10.3 Å². The van der Waals surface area contributed by atoms with Crippen molar-refractivity contribution < 1.29 is 17.7 Å². The van der Waals surface area contributed by atoms with E-state index in [0.29, 0.717) is 35.3 Å². The average molecular weight is 476 g/mol. The average Bonchev–Trinajstić information content (AvgIpc) is 3.51. The molecule has 1 amide bonds. The van der Waals surface area contributed by atoms with Crippen LogP contribution in [-0.2, 0) is 14.8 Å². The van der Waals surface area contributed by atoms with Crippen LogP contribution in [0.3, 0.4) is 0 Å². The number of aromatic nitrogens is 3. The van der Waals surface area contributed by atoms with E-state index in [4.69, 9.17) is 4.52 Å². The van der Waals surface area contributed by atoms with Crippen LogP contribution in [0, 0.1) is 11.8 Å². The lowest BCUT2D eigenvalue weighted by atomic mass is 9.97. The van der Waals surface area contributed by atoms with Crippen molar-refractivity contribution in [2.45, 2.75) is 36.9 Å². The maximum absolute atomic E-state index is 13.1. The second kappa shape index (κ2) is 9.47. The Bertz CT molecular complexity index is 1150. The van der Waals surface area contributed by atoms with Crippen molar-refractivity contribution in [2.24, 2.45) is 11.8 Å². The Labute approximate surface area is 190 Å². The van der Waals surface area contributed by atoms with Gasteiger partial charge in [-0.3, -0.25) is 9.78 Å². The fourth-order valence-electron chi connectivity index (χ4n) is 3.68. The highest BCUT2D eigenvalue weighted by Gasteiger charge is 2.35. The molecule has 2 atom stereocenters. The van der Waals surface area contributed by atoms with E-state index in [1.165, 1.54) is 15.6 Å². The van der Waals surface area contributed by atoms with Gasteiger partial charge in [0, 0.05) is 31.0 Å². The third-order valence-electron chi connectivity index (χ3n) is 5.45. The Morgan fingerprint density at radius 1 is 1.28 bits per heavy atom. The zero-order chi connectivity index (χ0) is 22.7. The zero-order valence-corrected chi connectivity index (χ0v) is 19.5. The molecular weight excluding hydrogens is 450 g/mol. The quantitative estimate of drug-likeness (QED) is 0.558. The lowest BCUT2D eigenvalue weighted by Gasteiger charge is -2.31. The number of pyridine rings is 1. The van der Waals surface area contributed by atoms with Crippen LogP contribution in [0.2, 0.25) is 0 Å². The van der Waals surface area contributed by atoms with Crippen LogP contribution in [0.15, 0.2) is 50.8 Å². The van der Waals surface area contributed by atoms with Gasteiger partial charge in [0.05, 0.1) is 5.92 Å². The van der Waals surface area contributed by atoms with Crippen molar-refractivity contribution >= 4 is 27.3 Å². The third-order valence-corrected chi connectivity index (χ3v) is 8.69. The Kier molecular flexibility index (Phi) is 6.68. The molecule has 9 nitrogen and oxygen atoms in total. The number of nitrogens with one attached hydrogen (secondary N) is 1. The van der Waals surface area contributed by atoms with E-state index in [2.05, 4.69) is 20.4 Å². The molecule has 0 spiro atoms. The maximum atomic E-state index is 13.1. The first kappa shape index (κ1) is 22.6. The van der Waals surface area contributed by atoms with Gasteiger partial charge >= 0.3 is 0 Å². The Morgan fingerprint density at radius 3 is 2.75 bits per heavy atom. The molecule has 0 radical (unpaired) electrons. The molecule has 32 heavy (non-hydrogen) atoms. The number of piperidine rings is 1. The number of carbonyl (C=O) groups is 1. The molecule has 1 saturated heterocycles. The van der Waals surface area contributed by atoms with E-state index in [1.807, 2.05) is 13.8 Å². The summed E-state index contributed by atoms with van der Waals surface area (Å²) >= 11 is 1.18. The number of sulfonamides is 1. The molecule has 0 bridgehead atoms. The number of carbonyl (C=O) groups excluding carboxylic acids is 1. The number of hydrogen-bond donors (Lipinski definition) is 1. The van der Waals surface area contributed by atoms with Gasteiger partial charge in [-0.15, -0.1) is 11.3 Å². The highest BCUT2D eigenvalue weighted by atomic mass is 32.2. The van der Waals surface area contributed by atoms with E-state index >= 15 is 0 Å². The Morgan fingerprint density at radius 2 is 2.06 bits per heavy atom. The first-order valence-corrected chi connectivity index (χ1v) is 12.8. The molecule has 0 saturated carbocycles. The van der Waals surface area contributed by atoms with E-state index in [0.717, 1.165) is 5.56 Å². The van der Waals surface area contributed by atoms with Gasteiger partial charge in [-0.2, -0.15) is 9.29 Å². The van der Waals surface area contributed by atoms with Gasteiger partial charge in [0.15, 0.2) is 0 Å². The smallest absolute Gasteiger partial charge is 0.252 e. The van der Waals surface area contributed by atoms with Crippen molar-refractivity contribution in [3.05, 3.63) is 47.9 Å². The number of amides is 1. The molecule has 1 fully saturated rings. The van der Waals surface area contributed by atoms with Crippen LogP contribution < -0.4 is 5.32 Å². The normalized spacial score (nSPS) is 18.5. The number of thiophene rings is 1. The van der Waals surface area contributed by atoms with Crippen molar-refractivity contribution in [1.82, 2.24) is 24.7 Å². The van der Waals surface area contributed by atoms with Crippen LogP contribution in [0.5, 0.6) is 0 Å². The molecule has 1 N–H and O–H groups in total. The lowest BCUT2D eigenvalue weighted by molar-refractivity contribution is -0.127. The van der Waals surface area contributed by atoms with Crippen LogP contribution in [0.1, 0.15) is 38.6 Å². The van der Waals surface area contributed by atoms with Crippen LogP contribution in [-0.4, -0.2) is 46.8 Å². The van der Waals surface area contributed by atoms with E-state index in [-0.39, 0.29) is 18.4 Å². The largest absolute Gasteiger partial charge is 0.344 e. The molecule has 170 valence electrons. The predicted molar refractivity (Wildman–Crippen MR) is 119 cm³/mol. The van der Waals surface area contributed by atoms with Crippen molar-refractivity contribution in [3.63, 3.8) is 0 Å². The van der Waals surface area contributed by atoms with Crippen molar-refractivity contribution in [1.29, 1.82) is 0 Å². The summed E-state index contributed by atoms with van der Waals surface area (Å²) in [4.78, 5) is 21.5. The first-order chi connectivity index (χ1) is 15.4. The summed E-state index contributed by atoms with van der Waals surface area (Å²) in [5.41, 5.74) is 0.769. The SMILES string of the molecule is CC(C)C(NC(=O)C1CCCN(S(=O)(=O)c2cccs2)C1)c1nc(-c2ccncc2)no1. The molecule has 2 unspecified atom stereocenters. The topological polar surface area (TPSA) is 118 Å². The highest BCUT2D eigenvalue weighted by molar-refractivity contribution is 7.91. The minimum absolute atomic E-state index is 0.000708. The minimum Gasteiger partial charge on any atom is -0.344 e. The van der Waals surface area contributed by atoms with E-state index in [9.17, 15) is 13.2 Å². The summed E-state index contributed by atoms with van der Waals surface area (Å²) in [6, 6.07) is 6.39. The molecule has 0 aliphatic carbocycles. The molecule has 3 aromatic heterocycles. The standard InChI is InChI=1S/C21H25N5O4S2/c1-14(2)18(21-24-19(25-30-21)15-7-9-22-10-8-15)23-20(27)16-5-3-11-26(13-16)32(28,29)17-6-4-12-31-17/h4,6-10,12,14,16,18H,3,5,11,13H2,1-2H3,(H,23,27). The minimum atomic E-state index is -3.58. The number of rotatable bonds is 7. The predicted octanol–water partition coefficient (Wildman–Crippen LogP) is 3.11. The maximum Gasteiger partial charge on any atom is 0.252 e. The fourth-order valence-corrected chi connectivity index (χ4v) is 6.35. The third kappa shape index (κ3) is 4.74. The fraction of sp³-hybridized carbons (Fsp3) is 0.429. The summed E-state index contributed by atoms with van der Waals surface area (Å²) in [5, 5.41) is 8.77. The number of nitrogens with zero attached hydrogens (tertiary/aromatic N) is 4. The van der Waals surface area contributed by atoms with Gasteiger partial charge < -0.3 is 9.84 Å². The van der Waals surface area contributed by atoms with Crippen LogP contribution in [0.25, 0.3) is 11.4 Å². The van der Waals surface area contributed by atoms with Crippen LogP contribution in [0.4, 0.5) is 0 Å². The molecule has 0 aromatic carbocycles. The van der Waals surface area contributed by atoms with Gasteiger partial charge in [-0.1, -0.05) is 25.1 Å². The molecule has 3 aromatic rings.